The molecule has 1 heterocycles. The normalized spacial score (nSPS) is 14.2. The molecule has 0 aromatic heterocycles. The van der Waals surface area contributed by atoms with Crippen molar-refractivity contribution in [2.75, 3.05) is 26.4 Å². The molecule has 0 saturated carbocycles. The molecule has 4 atom stereocenters. The maximum Gasteiger partial charge on any atom is 0.0809 e. The van der Waals surface area contributed by atoms with Crippen LogP contribution in [0.4, 0.5) is 0 Å². The van der Waals surface area contributed by atoms with Crippen molar-refractivity contribution in [3.05, 3.63) is 96.1 Å². The number of aliphatic hydroxyl groups excluding tert-OH is 4. The summed E-state index contributed by atoms with van der Waals surface area (Å²) in [5.41, 5.74) is 2.36. The Labute approximate surface area is 399 Å². The predicted octanol–water partition coefficient (Wildman–Crippen LogP) is 14.2. The molecular weight excluding hydrogens is 809 g/mol. The monoisotopic (exact) mass is 907 g/mol. The van der Waals surface area contributed by atoms with E-state index in [2.05, 4.69) is 76.0 Å². The lowest BCUT2D eigenvalue weighted by Gasteiger charge is -2.09. The maximum atomic E-state index is 9.91. The molecule has 1 saturated heterocycles. The van der Waals surface area contributed by atoms with Gasteiger partial charge < -0.3 is 34.6 Å². The third-order valence-electron chi connectivity index (χ3n) is 10.9. The highest BCUT2D eigenvalue weighted by Crippen LogP contribution is 2.14. The van der Waals surface area contributed by atoms with Crippen LogP contribution in [0.5, 0.6) is 0 Å². The zero-order valence-electron chi connectivity index (χ0n) is 42.0. The molecule has 1 aliphatic heterocycles. The largest absolute Gasteiger partial charge is 0.396 e. The number of allylic oxidation sites excluding steroid dienone is 4. The van der Waals surface area contributed by atoms with Gasteiger partial charge in [0.1, 0.15) is 0 Å². The minimum absolute atomic E-state index is 0.0852. The summed E-state index contributed by atoms with van der Waals surface area (Å²) in [4.78, 5) is 0. The number of benzene rings is 2. The fourth-order valence-electron chi connectivity index (χ4n) is 6.59. The SMILES string of the molecule is CCCCCC/C=C\CC[C@@H](O)CCO.CCCCCC/C=C\CC[C@@H](O)CCOCc1ccccc1.CCCCCCC#CCC[C@@H](O)CCOCc1ccccc1.CCC[C@H]1CO1. The number of epoxide rings is 1. The van der Waals surface area contributed by atoms with E-state index in [1.807, 2.05) is 48.5 Å². The third-order valence-corrected chi connectivity index (χ3v) is 10.9. The summed E-state index contributed by atoms with van der Waals surface area (Å²) >= 11 is 0. The fraction of sp³-hybridized carbons (Fsp3) is 0.690. The first kappa shape index (κ1) is 62.2. The summed E-state index contributed by atoms with van der Waals surface area (Å²) in [5, 5.41) is 37.7. The number of aliphatic hydroxyl groups is 4. The first-order valence-corrected chi connectivity index (χ1v) is 26.1. The molecule has 0 spiro atoms. The molecule has 0 amide bonds. The molecule has 7 heteroatoms. The smallest absolute Gasteiger partial charge is 0.0809 e. The standard InChI is InChI=1S/C20H32O2.C20H30O2.C13H26O2.C5H10O/c2*1-2-3-4-5-6-7-8-12-15-20(21)16-17-22-18-19-13-10-9-11-14-19;1-2-3-4-5-6-7-8-9-10-13(15)11-12-14;1-2-3-5-4-6-5/h7-11,13-14,20-21H,2-6,12,15-18H2,1H3;9-11,13-14,20-21H,2-6,12,15-18H2,1H3;7-8,13-15H,2-6,9-12H2,1H3;5H,2-4H2,1H3/b8-7-;;8-7-;/t2*20-;13-;5-/m1110/s1. The molecule has 7 nitrogen and oxygen atoms in total. The Bertz CT molecular complexity index is 1330. The van der Waals surface area contributed by atoms with Gasteiger partial charge in [0.15, 0.2) is 0 Å². The van der Waals surface area contributed by atoms with Crippen LogP contribution >= 0.6 is 0 Å². The number of hydrogen-bond acceptors (Lipinski definition) is 7. The average Bonchev–Trinajstić information content (AvgIpc) is 4.15. The quantitative estimate of drug-likeness (QED) is 0.0233. The summed E-state index contributed by atoms with van der Waals surface area (Å²) in [6, 6.07) is 20.3. The minimum Gasteiger partial charge on any atom is -0.396 e. The molecule has 3 rings (SSSR count). The van der Waals surface area contributed by atoms with Crippen LogP contribution in [-0.4, -0.2) is 71.3 Å². The van der Waals surface area contributed by atoms with Gasteiger partial charge in [0.2, 0.25) is 0 Å². The van der Waals surface area contributed by atoms with Gasteiger partial charge >= 0.3 is 0 Å². The van der Waals surface area contributed by atoms with Gasteiger partial charge in [0, 0.05) is 32.7 Å². The summed E-state index contributed by atoms with van der Waals surface area (Å²) in [6.07, 6.45) is 37.0. The van der Waals surface area contributed by atoms with Crippen LogP contribution in [0.15, 0.2) is 85.0 Å². The van der Waals surface area contributed by atoms with E-state index >= 15 is 0 Å². The molecule has 0 bridgehead atoms. The molecule has 65 heavy (non-hydrogen) atoms. The van der Waals surface area contributed by atoms with E-state index in [1.165, 1.54) is 107 Å². The van der Waals surface area contributed by atoms with Crippen LogP contribution in [-0.2, 0) is 27.4 Å². The van der Waals surface area contributed by atoms with Crippen LogP contribution in [0.2, 0.25) is 0 Å². The second kappa shape index (κ2) is 50.6. The van der Waals surface area contributed by atoms with Crippen molar-refractivity contribution in [3.8, 4) is 11.8 Å². The first-order chi connectivity index (χ1) is 31.9. The van der Waals surface area contributed by atoms with E-state index in [-0.39, 0.29) is 24.9 Å². The van der Waals surface area contributed by atoms with E-state index in [1.54, 1.807) is 0 Å². The predicted molar refractivity (Wildman–Crippen MR) is 276 cm³/mol. The highest BCUT2D eigenvalue weighted by atomic mass is 16.6. The number of hydrogen-bond donors (Lipinski definition) is 4. The summed E-state index contributed by atoms with van der Waals surface area (Å²) in [7, 11) is 0. The summed E-state index contributed by atoms with van der Waals surface area (Å²) in [5.74, 6) is 6.35. The second-order valence-corrected chi connectivity index (χ2v) is 17.4. The van der Waals surface area contributed by atoms with Crippen LogP contribution in [0.25, 0.3) is 0 Å². The molecule has 0 unspecified atom stereocenters. The van der Waals surface area contributed by atoms with Crippen LogP contribution < -0.4 is 0 Å². The third kappa shape index (κ3) is 48.9. The van der Waals surface area contributed by atoms with Gasteiger partial charge in [0.25, 0.3) is 0 Å². The van der Waals surface area contributed by atoms with Crippen molar-refractivity contribution in [1.82, 2.24) is 0 Å². The van der Waals surface area contributed by atoms with Gasteiger partial charge in [0.05, 0.1) is 44.2 Å². The number of rotatable bonds is 36. The van der Waals surface area contributed by atoms with E-state index < -0.39 is 0 Å². The van der Waals surface area contributed by atoms with E-state index in [9.17, 15) is 15.3 Å². The van der Waals surface area contributed by atoms with Crippen molar-refractivity contribution in [3.63, 3.8) is 0 Å². The second-order valence-electron chi connectivity index (χ2n) is 17.4. The van der Waals surface area contributed by atoms with Gasteiger partial charge in [-0.2, -0.15) is 0 Å². The molecule has 372 valence electrons. The molecule has 4 N–H and O–H groups in total. The van der Waals surface area contributed by atoms with Crippen molar-refractivity contribution in [2.45, 2.75) is 232 Å². The van der Waals surface area contributed by atoms with Crippen molar-refractivity contribution >= 4 is 0 Å². The van der Waals surface area contributed by atoms with Crippen LogP contribution in [0.1, 0.15) is 206 Å². The highest BCUT2D eigenvalue weighted by Gasteiger charge is 2.19. The van der Waals surface area contributed by atoms with Gasteiger partial charge in [-0.05, 0) is 101 Å². The van der Waals surface area contributed by atoms with Crippen LogP contribution in [0.3, 0.4) is 0 Å². The maximum absolute atomic E-state index is 9.91. The lowest BCUT2D eigenvalue weighted by atomic mass is 10.1. The average molecular weight is 907 g/mol. The van der Waals surface area contributed by atoms with E-state index in [0.717, 1.165) is 64.4 Å². The van der Waals surface area contributed by atoms with Gasteiger partial charge in [-0.25, -0.2) is 0 Å². The van der Waals surface area contributed by atoms with Crippen molar-refractivity contribution in [2.24, 2.45) is 0 Å². The van der Waals surface area contributed by atoms with Gasteiger partial charge in [-0.15, -0.1) is 11.8 Å². The Morgan fingerprint density at radius 3 is 1.38 bits per heavy atom. The fourth-order valence-corrected chi connectivity index (χ4v) is 6.59. The first-order valence-electron chi connectivity index (χ1n) is 26.1. The van der Waals surface area contributed by atoms with Crippen LogP contribution in [0, 0.1) is 11.8 Å². The van der Waals surface area contributed by atoms with Gasteiger partial charge in [-0.1, -0.05) is 177 Å². The lowest BCUT2D eigenvalue weighted by Crippen LogP contribution is -2.10. The number of unbranched alkanes of at least 4 members (excludes halogenated alkanes) is 12. The lowest BCUT2D eigenvalue weighted by molar-refractivity contribution is 0.0703. The zero-order chi connectivity index (χ0) is 47.5. The zero-order valence-corrected chi connectivity index (χ0v) is 42.0. The molecule has 1 fully saturated rings. The Balaban J connectivity index is 0.000000899. The summed E-state index contributed by atoms with van der Waals surface area (Å²) < 4.78 is 16.1. The molecule has 2 aromatic rings. The number of ether oxygens (including phenoxy) is 3. The Kier molecular flexibility index (Phi) is 48.4. The van der Waals surface area contributed by atoms with Crippen molar-refractivity contribution < 1.29 is 34.6 Å². The molecule has 1 aliphatic rings. The topological polar surface area (TPSA) is 112 Å². The van der Waals surface area contributed by atoms with Gasteiger partial charge in [-0.3, -0.25) is 0 Å². The Hall–Kier alpha value is -2.80. The molecule has 0 radical (unpaired) electrons. The molecule has 0 aliphatic carbocycles. The van der Waals surface area contributed by atoms with Crippen molar-refractivity contribution in [1.29, 1.82) is 0 Å². The van der Waals surface area contributed by atoms with E-state index in [0.29, 0.717) is 45.4 Å². The Morgan fingerprint density at radius 2 is 0.954 bits per heavy atom. The van der Waals surface area contributed by atoms with E-state index in [4.69, 9.17) is 19.3 Å². The Morgan fingerprint density at radius 1 is 0.523 bits per heavy atom. The summed E-state index contributed by atoms with van der Waals surface area (Å²) in [6.45, 7) is 12.4. The molecule has 2 aromatic carbocycles. The molecular formula is C58H98O7. The minimum atomic E-state index is -0.334. The highest BCUT2D eigenvalue weighted by molar-refractivity contribution is 5.14.